The Balaban J connectivity index is 2.90. The fourth-order valence-corrected chi connectivity index (χ4v) is 1.22. The standard InChI is InChI=1S/C9H13NO2/c1-7-5-3-4-6-9(7,2)8(11)12-10/h3-7H,10H2,1-2H3. The molecule has 0 spiro atoms. The zero-order chi connectivity index (χ0) is 9.19. The predicted octanol–water partition coefficient (Wildman–Crippen LogP) is 1.17. The molecule has 3 nitrogen and oxygen atoms in total. The van der Waals surface area contributed by atoms with Gasteiger partial charge in [-0.1, -0.05) is 31.2 Å². The Morgan fingerprint density at radius 1 is 1.58 bits per heavy atom. The Morgan fingerprint density at radius 3 is 2.75 bits per heavy atom. The maximum absolute atomic E-state index is 11.3. The number of carbonyl (C=O) groups is 1. The van der Waals surface area contributed by atoms with Gasteiger partial charge in [-0.25, -0.2) is 4.79 Å². The van der Waals surface area contributed by atoms with E-state index in [-0.39, 0.29) is 5.92 Å². The van der Waals surface area contributed by atoms with Gasteiger partial charge in [-0.05, 0) is 12.8 Å². The number of allylic oxidation sites excluding steroid dienone is 3. The van der Waals surface area contributed by atoms with Crippen LogP contribution in [-0.2, 0) is 9.63 Å². The Bertz CT molecular complexity index is 245. The van der Waals surface area contributed by atoms with Crippen molar-refractivity contribution in [2.45, 2.75) is 13.8 Å². The molecule has 2 unspecified atom stereocenters. The first-order valence-corrected chi connectivity index (χ1v) is 3.88. The SMILES string of the molecule is CC1C=CC=CC1(C)C(=O)ON. The highest BCUT2D eigenvalue weighted by atomic mass is 16.7. The summed E-state index contributed by atoms with van der Waals surface area (Å²) < 4.78 is 0. The van der Waals surface area contributed by atoms with Gasteiger partial charge in [0.2, 0.25) is 0 Å². The number of rotatable bonds is 1. The van der Waals surface area contributed by atoms with Crippen LogP contribution in [0.15, 0.2) is 24.3 Å². The Hall–Kier alpha value is -1.09. The predicted molar refractivity (Wildman–Crippen MR) is 45.8 cm³/mol. The summed E-state index contributed by atoms with van der Waals surface area (Å²) in [5.74, 6) is 4.57. The van der Waals surface area contributed by atoms with E-state index in [0.717, 1.165) is 0 Å². The van der Waals surface area contributed by atoms with Crippen molar-refractivity contribution in [3.8, 4) is 0 Å². The number of hydrogen-bond donors (Lipinski definition) is 1. The second-order valence-corrected chi connectivity index (χ2v) is 3.22. The summed E-state index contributed by atoms with van der Waals surface area (Å²) in [6.07, 6.45) is 7.51. The summed E-state index contributed by atoms with van der Waals surface area (Å²) in [6, 6.07) is 0. The molecule has 2 atom stereocenters. The van der Waals surface area contributed by atoms with Gasteiger partial charge in [-0.2, -0.15) is 5.90 Å². The highest BCUT2D eigenvalue weighted by Gasteiger charge is 2.37. The molecule has 0 fully saturated rings. The second-order valence-electron chi connectivity index (χ2n) is 3.22. The van der Waals surface area contributed by atoms with Gasteiger partial charge >= 0.3 is 5.97 Å². The lowest BCUT2D eigenvalue weighted by molar-refractivity contribution is -0.154. The smallest absolute Gasteiger partial charge is 0.334 e. The third-order valence-corrected chi connectivity index (χ3v) is 2.45. The van der Waals surface area contributed by atoms with Gasteiger partial charge in [-0.15, -0.1) is 0 Å². The molecule has 0 aromatic carbocycles. The zero-order valence-corrected chi connectivity index (χ0v) is 7.28. The van der Waals surface area contributed by atoms with E-state index in [1.54, 1.807) is 0 Å². The molecule has 0 bridgehead atoms. The summed E-state index contributed by atoms with van der Waals surface area (Å²) in [5, 5.41) is 0. The molecule has 0 amide bonds. The second kappa shape index (κ2) is 3.11. The van der Waals surface area contributed by atoms with Crippen LogP contribution in [0.3, 0.4) is 0 Å². The molecule has 0 heterocycles. The van der Waals surface area contributed by atoms with E-state index in [2.05, 4.69) is 4.84 Å². The van der Waals surface area contributed by atoms with E-state index < -0.39 is 11.4 Å². The van der Waals surface area contributed by atoms with Gasteiger partial charge < -0.3 is 4.84 Å². The topological polar surface area (TPSA) is 52.3 Å². The number of hydrogen-bond acceptors (Lipinski definition) is 3. The summed E-state index contributed by atoms with van der Waals surface area (Å²) in [7, 11) is 0. The van der Waals surface area contributed by atoms with E-state index in [4.69, 9.17) is 5.90 Å². The molecule has 12 heavy (non-hydrogen) atoms. The van der Waals surface area contributed by atoms with Crippen molar-refractivity contribution in [2.24, 2.45) is 17.2 Å². The van der Waals surface area contributed by atoms with E-state index >= 15 is 0 Å². The zero-order valence-electron chi connectivity index (χ0n) is 7.28. The average molecular weight is 167 g/mol. The normalized spacial score (nSPS) is 33.4. The Labute approximate surface area is 71.8 Å². The first-order valence-electron chi connectivity index (χ1n) is 3.88. The van der Waals surface area contributed by atoms with Gasteiger partial charge in [0.15, 0.2) is 0 Å². The van der Waals surface area contributed by atoms with E-state index in [1.807, 2.05) is 38.2 Å². The van der Waals surface area contributed by atoms with Gasteiger partial charge in [-0.3, -0.25) is 0 Å². The summed E-state index contributed by atoms with van der Waals surface area (Å²) in [4.78, 5) is 15.5. The van der Waals surface area contributed by atoms with Crippen molar-refractivity contribution in [3.05, 3.63) is 24.3 Å². The molecule has 1 aliphatic rings. The van der Waals surface area contributed by atoms with Crippen molar-refractivity contribution in [1.82, 2.24) is 0 Å². The molecule has 2 N–H and O–H groups in total. The largest absolute Gasteiger partial charge is 0.373 e. The highest BCUT2D eigenvalue weighted by Crippen LogP contribution is 2.33. The maximum Gasteiger partial charge on any atom is 0.334 e. The van der Waals surface area contributed by atoms with Crippen LogP contribution in [0.2, 0.25) is 0 Å². The fraction of sp³-hybridized carbons (Fsp3) is 0.444. The van der Waals surface area contributed by atoms with Crippen LogP contribution in [0.4, 0.5) is 0 Å². The van der Waals surface area contributed by atoms with Gasteiger partial charge in [0.05, 0.1) is 5.41 Å². The Morgan fingerprint density at radius 2 is 2.25 bits per heavy atom. The molecule has 1 rings (SSSR count). The number of nitrogens with two attached hydrogens (primary N) is 1. The minimum atomic E-state index is -0.608. The average Bonchev–Trinajstić information content (AvgIpc) is 2.09. The van der Waals surface area contributed by atoms with Crippen LogP contribution in [-0.4, -0.2) is 5.97 Å². The molecule has 66 valence electrons. The first kappa shape index (κ1) is 9.00. The van der Waals surface area contributed by atoms with Crippen molar-refractivity contribution in [3.63, 3.8) is 0 Å². The molecule has 0 saturated heterocycles. The molecule has 0 aliphatic heterocycles. The van der Waals surface area contributed by atoms with E-state index in [9.17, 15) is 4.79 Å². The monoisotopic (exact) mass is 167 g/mol. The first-order chi connectivity index (χ1) is 5.61. The van der Waals surface area contributed by atoms with Gasteiger partial charge in [0.25, 0.3) is 0 Å². The van der Waals surface area contributed by atoms with E-state index in [0.29, 0.717) is 0 Å². The quantitative estimate of drug-likeness (QED) is 0.596. The third-order valence-electron chi connectivity index (χ3n) is 2.45. The van der Waals surface area contributed by atoms with Crippen LogP contribution in [0.1, 0.15) is 13.8 Å². The third kappa shape index (κ3) is 1.28. The maximum atomic E-state index is 11.3. The lowest BCUT2D eigenvalue weighted by Crippen LogP contribution is -2.35. The van der Waals surface area contributed by atoms with Crippen molar-refractivity contribution < 1.29 is 9.63 Å². The molecular weight excluding hydrogens is 154 g/mol. The molecule has 0 aromatic heterocycles. The van der Waals surface area contributed by atoms with Crippen LogP contribution in [0.25, 0.3) is 0 Å². The molecule has 0 aromatic rings. The van der Waals surface area contributed by atoms with Gasteiger partial charge in [0.1, 0.15) is 0 Å². The van der Waals surface area contributed by atoms with Crippen LogP contribution in [0, 0.1) is 11.3 Å². The van der Waals surface area contributed by atoms with Crippen molar-refractivity contribution in [1.29, 1.82) is 0 Å². The lowest BCUT2D eigenvalue weighted by Gasteiger charge is -2.28. The van der Waals surface area contributed by atoms with Crippen LogP contribution in [0.5, 0.6) is 0 Å². The molecule has 0 saturated carbocycles. The molecular formula is C9H13NO2. The van der Waals surface area contributed by atoms with Crippen LogP contribution < -0.4 is 5.90 Å². The highest BCUT2D eigenvalue weighted by molar-refractivity contribution is 5.79. The Kier molecular flexibility index (Phi) is 2.33. The van der Waals surface area contributed by atoms with Crippen LogP contribution >= 0.6 is 0 Å². The molecule has 0 radical (unpaired) electrons. The molecule has 3 heteroatoms. The summed E-state index contributed by atoms with van der Waals surface area (Å²) in [6.45, 7) is 3.77. The van der Waals surface area contributed by atoms with Gasteiger partial charge in [0, 0.05) is 0 Å². The van der Waals surface area contributed by atoms with Crippen molar-refractivity contribution in [2.75, 3.05) is 0 Å². The fourth-order valence-electron chi connectivity index (χ4n) is 1.22. The van der Waals surface area contributed by atoms with Crippen molar-refractivity contribution >= 4 is 5.97 Å². The molecule has 1 aliphatic carbocycles. The minimum Gasteiger partial charge on any atom is -0.373 e. The number of carbonyl (C=O) groups excluding carboxylic acids is 1. The minimum absolute atomic E-state index is 0.124. The summed E-state index contributed by atoms with van der Waals surface area (Å²) >= 11 is 0. The van der Waals surface area contributed by atoms with E-state index in [1.165, 1.54) is 0 Å². The lowest BCUT2D eigenvalue weighted by atomic mass is 9.75. The summed E-state index contributed by atoms with van der Waals surface area (Å²) in [5.41, 5.74) is -0.608.